The molecule has 0 saturated heterocycles. The number of nitrogens with zero attached hydrogens (tertiary/aromatic N) is 3. The lowest BCUT2D eigenvalue weighted by atomic mass is 10.1. The molecule has 8 heteroatoms. The molecule has 0 spiro atoms. The highest BCUT2D eigenvalue weighted by Gasteiger charge is 2.36. The molecule has 21 heavy (non-hydrogen) atoms. The Morgan fingerprint density at radius 1 is 1.38 bits per heavy atom. The molecule has 1 N–H and O–H groups in total. The lowest BCUT2D eigenvalue weighted by Gasteiger charge is -2.20. The van der Waals surface area contributed by atoms with Crippen LogP contribution in [0.3, 0.4) is 0 Å². The van der Waals surface area contributed by atoms with Crippen LogP contribution in [-0.4, -0.2) is 34.2 Å². The Hall–Kier alpha value is -2.01. The number of likely N-dealkylation sites (N-methyl/N-ethyl adjacent to an activating group) is 1. The standard InChI is InChI=1S/C13H16F3N3O2/c1-3-18(4-2)5-6-19-11(20)7-10(13(14,15)16)9(8-17)12(19)21/h7,21H,3-6H2,1-2H3. The van der Waals surface area contributed by atoms with Gasteiger partial charge in [0, 0.05) is 19.2 Å². The van der Waals surface area contributed by atoms with Gasteiger partial charge in [-0.15, -0.1) is 0 Å². The Labute approximate surface area is 119 Å². The molecule has 0 bridgehead atoms. The van der Waals surface area contributed by atoms with E-state index in [-0.39, 0.29) is 6.54 Å². The highest BCUT2D eigenvalue weighted by molar-refractivity contribution is 5.46. The van der Waals surface area contributed by atoms with Gasteiger partial charge in [-0.2, -0.15) is 18.4 Å². The van der Waals surface area contributed by atoms with Gasteiger partial charge >= 0.3 is 6.18 Å². The second-order valence-corrected chi connectivity index (χ2v) is 4.38. The second-order valence-electron chi connectivity index (χ2n) is 4.38. The minimum Gasteiger partial charge on any atom is -0.493 e. The van der Waals surface area contributed by atoms with E-state index in [1.165, 1.54) is 6.07 Å². The largest absolute Gasteiger partial charge is 0.493 e. The van der Waals surface area contributed by atoms with Crippen molar-refractivity contribution in [3.8, 4) is 11.9 Å². The maximum Gasteiger partial charge on any atom is 0.418 e. The molecule has 116 valence electrons. The number of hydrogen-bond donors (Lipinski definition) is 1. The molecule has 0 unspecified atom stereocenters. The van der Waals surface area contributed by atoms with E-state index >= 15 is 0 Å². The predicted octanol–water partition coefficient (Wildman–Crippen LogP) is 1.79. The molecular weight excluding hydrogens is 287 g/mol. The predicted molar refractivity (Wildman–Crippen MR) is 69.9 cm³/mol. The topological polar surface area (TPSA) is 69.3 Å². The van der Waals surface area contributed by atoms with Crippen LogP contribution in [0.4, 0.5) is 13.2 Å². The molecular formula is C13H16F3N3O2. The minimum atomic E-state index is -4.86. The van der Waals surface area contributed by atoms with Crippen molar-refractivity contribution in [2.24, 2.45) is 0 Å². The number of aromatic hydroxyl groups is 1. The summed E-state index contributed by atoms with van der Waals surface area (Å²) in [4.78, 5) is 13.7. The molecule has 0 atom stereocenters. The van der Waals surface area contributed by atoms with Gasteiger partial charge < -0.3 is 10.0 Å². The van der Waals surface area contributed by atoms with Crippen LogP contribution in [0.5, 0.6) is 5.88 Å². The first-order valence-electron chi connectivity index (χ1n) is 6.42. The van der Waals surface area contributed by atoms with E-state index in [4.69, 9.17) is 5.26 Å². The zero-order valence-corrected chi connectivity index (χ0v) is 11.7. The van der Waals surface area contributed by atoms with Crippen molar-refractivity contribution < 1.29 is 18.3 Å². The lowest BCUT2D eigenvalue weighted by Crippen LogP contribution is -2.31. The van der Waals surface area contributed by atoms with Crippen molar-refractivity contribution in [2.75, 3.05) is 19.6 Å². The third kappa shape index (κ3) is 3.76. The number of nitriles is 1. The molecule has 0 aliphatic carbocycles. The number of alkyl halides is 3. The normalized spacial score (nSPS) is 11.7. The highest BCUT2D eigenvalue weighted by Crippen LogP contribution is 2.33. The van der Waals surface area contributed by atoms with Gasteiger partial charge in [0.05, 0.1) is 5.56 Å². The average Bonchev–Trinajstić information content (AvgIpc) is 2.41. The highest BCUT2D eigenvalue weighted by atomic mass is 19.4. The van der Waals surface area contributed by atoms with Crippen LogP contribution >= 0.6 is 0 Å². The Morgan fingerprint density at radius 3 is 2.38 bits per heavy atom. The Balaban J connectivity index is 3.26. The van der Waals surface area contributed by atoms with Crippen molar-refractivity contribution in [3.05, 3.63) is 27.5 Å². The van der Waals surface area contributed by atoms with Crippen LogP contribution in [0.15, 0.2) is 10.9 Å². The number of pyridine rings is 1. The number of aromatic nitrogens is 1. The molecule has 0 saturated carbocycles. The quantitative estimate of drug-likeness (QED) is 0.900. The van der Waals surface area contributed by atoms with Gasteiger partial charge in [-0.3, -0.25) is 9.36 Å². The first kappa shape index (κ1) is 17.0. The maximum absolute atomic E-state index is 12.7. The summed E-state index contributed by atoms with van der Waals surface area (Å²) in [6, 6.07) is 1.66. The summed E-state index contributed by atoms with van der Waals surface area (Å²) in [6.07, 6.45) is -4.86. The number of halogens is 3. The van der Waals surface area contributed by atoms with Gasteiger partial charge in [-0.1, -0.05) is 13.8 Å². The van der Waals surface area contributed by atoms with Gasteiger partial charge in [0.25, 0.3) is 5.56 Å². The van der Waals surface area contributed by atoms with Gasteiger partial charge in [0.2, 0.25) is 5.88 Å². The fraction of sp³-hybridized carbons (Fsp3) is 0.538. The van der Waals surface area contributed by atoms with Gasteiger partial charge in [0.15, 0.2) is 0 Å². The van der Waals surface area contributed by atoms with Crippen LogP contribution in [-0.2, 0) is 12.7 Å². The first-order valence-corrected chi connectivity index (χ1v) is 6.42. The van der Waals surface area contributed by atoms with E-state index < -0.39 is 28.7 Å². The molecule has 0 fully saturated rings. The van der Waals surface area contributed by atoms with E-state index in [1.54, 1.807) is 0 Å². The molecule has 0 aliphatic rings. The third-order valence-corrected chi connectivity index (χ3v) is 3.23. The molecule has 1 aromatic heterocycles. The number of rotatable bonds is 5. The Morgan fingerprint density at radius 2 is 1.95 bits per heavy atom. The van der Waals surface area contributed by atoms with Crippen molar-refractivity contribution in [1.82, 2.24) is 9.47 Å². The molecule has 0 amide bonds. The van der Waals surface area contributed by atoms with Crippen LogP contribution < -0.4 is 5.56 Å². The molecule has 0 radical (unpaired) electrons. The van der Waals surface area contributed by atoms with Crippen LogP contribution in [0.25, 0.3) is 0 Å². The first-order chi connectivity index (χ1) is 9.76. The lowest BCUT2D eigenvalue weighted by molar-refractivity contribution is -0.138. The smallest absolute Gasteiger partial charge is 0.418 e. The number of hydrogen-bond acceptors (Lipinski definition) is 4. The Bertz CT molecular complexity index is 598. The average molecular weight is 303 g/mol. The van der Waals surface area contributed by atoms with Gasteiger partial charge in [-0.05, 0) is 13.1 Å². The molecule has 0 aromatic carbocycles. The summed E-state index contributed by atoms with van der Waals surface area (Å²) in [5.41, 5.74) is -3.32. The van der Waals surface area contributed by atoms with Gasteiger partial charge in [-0.25, -0.2) is 0 Å². The third-order valence-electron chi connectivity index (χ3n) is 3.23. The molecule has 1 aromatic rings. The zero-order chi connectivity index (χ0) is 16.2. The minimum absolute atomic E-state index is 0.0131. The molecule has 1 rings (SSSR count). The summed E-state index contributed by atoms with van der Waals surface area (Å²) < 4.78 is 39.0. The van der Waals surface area contributed by atoms with E-state index in [2.05, 4.69) is 0 Å². The fourth-order valence-electron chi connectivity index (χ4n) is 1.96. The summed E-state index contributed by atoms with van der Waals surface area (Å²) in [6.45, 7) is 5.62. The van der Waals surface area contributed by atoms with Crippen molar-refractivity contribution in [1.29, 1.82) is 5.26 Å². The van der Waals surface area contributed by atoms with E-state index in [0.29, 0.717) is 25.7 Å². The van der Waals surface area contributed by atoms with Gasteiger partial charge in [0.1, 0.15) is 11.6 Å². The van der Waals surface area contributed by atoms with Crippen molar-refractivity contribution >= 4 is 0 Å². The Kier molecular flexibility index (Phi) is 5.38. The summed E-state index contributed by atoms with van der Waals surface area (Å²) >= 11 is 0. The zero-order valence-electron chi connectivity index (χ0n) is 11.7. The SMILES string of the molecule is CCN(CC)CCn1c(O)c(C#N)c(C(F)(F)F)cc1=O. The van der Waals surface area contributed by atoms with Crippen LogP contribution in [0.1, 0.15) is 25.0 Å². The van der Waals surface area contributed by atoms with E-state index in [9.17, 15) is 23.1 Å². The summed E-state index contributed by atoms with van der Waals surface area (Å²) in [7, 11) is 0. The maximum atomic E-state index is 12.7. The molecule has 5 nitrogen and oxygen atoms in total. The summed E-state index contributed by atoms with van der Waals surface area (Å²) in [5.74, 6) is -0.940. The van der Waals surface area contributed by atoms with Crippen LogP contribution in [0, 0.1) is 11.3 Å². The second kappa shape index (κ2) is 6.63. The summed E-state index contributed by atoms with van der Waals surface area (Å²) in [5, 5.41) is 18.6. The monoisotopic (exact) mass is 303 g/mol. The van der Waals surface area contributed by atoms with E-state index in [0.717, 1.165) is 4.57 Å². The van der Waals surface area contributed by atoms with Crippen LogP contribution in [0.2, 0.25) is 0 Å². The molecule has 0 aliphatic heterocycles. The van der Waals surface area contributed by atoms with Crippen molar-refractivity contribution in [2.45, 2.75) is 26.6 Å². The fourth-order valence-corrected chi connectivity index (χ4v) is 1.96. The molecule has 1 heterocycles. The van der Waals surface area contributed by atoms with E-state index in [1.807, 2.05) is 18.7 Å². The van der Waals surface area contributed by atoms with Crippen molar-refractivity contribution in [3.63, 3.8) is 0 Å².